The Hall–Kier alpha value is -1.63. The third-order valence-electron chi connectivity index (χ3n) is 0.325. The Morgan fingerprint density at radius 1 is 1.70 bits per heavy atom. The van der Waals surface area contributed by atoms with Gasteiger partial charge in [0.1, 0.15) is 6.11 Å². The first-order valence-electron chi connectivity index (χ1n) is 2.20. The number of rotatable bonds is 2. The highest BCUT2D eigenvalue weighted by molar-refractivity contribution is 5.56. The summed E-state index contributed by atoms with van der Waals surface area (Å²) in [5, 5.41) is 7.77. The van der Waals surface area contributed by atoms with Crippen molar-refractivity contribution in [3.8, 4) is 12.5 Å². The summed E-state index contributed by atoms with van der Waals surface area (Å²) in [4.78, 5) is 9.50. The highest BCUT2D eigenvalue weighted by Crippen LogP contribution is 1.74. The van der Waals surface area contributed by atoms with Gasteiger partial charge in [-0.3, -0.25) is 0 Å². The molecule has 0 aliphatic heterocycles. The lowest BCUT2D eigenvalue weighted by molar-refractivity contribution is 0.0130. The average molecular weight is 144 g/mol. The second kappa shape index (κ2) is 10.4. The Labute approximate surface area is 59.1 Å². The molecule has 0 aliphatic rings. The second-order valence-electron chi connectivity index (χ2n) is 0.790. The molecular formula is C6H8O4. The van der Waals surface area contributed by atoms with E-state index in [2.05, 4.69) is 29.1 Å². The fourth-order valence-electron chi connectivity index (χ4n) is 0.114. The smallest absolute Gasteiger partial charge is 0.450 e. The van der Waals surface area contributed by atoms with Crippen LogP contribution in [0, 0.1) is 12.5 Å². The summed E-state index contributed by atoms with van der Waals surface area (Å²) in [6.07, 6.45) is 4.90. The molecule has 0 saturated heterocycles. The number of carboxylic acid groups (broad SMARTS) is 1. The molecule has 0 atom stereocenters. The molecule has 0 heterocycles. The molecule has 0 aliphatic carbocycles. The van der Waals surface area contributed by atoms with Crippen LogP contribution < -0.4 is 0 Å². The molecule has 0 saturated carbocycles. The van der Waals surface area contributed by atoms with Crippen LogP contribution in [0.25, 0.3) is 0 Å². The van der Waals surface area contributed by atoms with Gasteiger partial charge in [0.2, 0.25) is 6.79 Å². The molecule has 0 fully saturated rings. The minimum absolute atomic E-state index is 0.411. The molecule has 0 aromatic carbocycles. The number of hydrogen-bond donors (Lipinski definition) is 1. The standard InChI is InChI=1S/C4H4O4.C2H4/c1-2-7-3-8-4(5)6;1-2/h1H,3H2,(H,5,6);1-2H2. The number of hydrogen-bond acceptors (Lipinski definition) is 3. The Morgan fingerprint density at radius 2 is 2.20 bits per heavy atom. The quantitative estimate of drug-likeness (QED) is 0.207. The topological polar surface area (TPSA) is 55.8 Å². The highest BCUT2D eigenvalue weighted by Gasteiger charge is 1.91. The van der Waals surface area contributed by atoms with Crippen molar-refractivity contribution in [3.05, 3.63) is 13.2 Å². The van der Waals surface area contributed by atoms with Crippen LogP contribution in [0.4, 0.5) is 4.79 Å². The molecule has 4 nitrogen and oxygen atoms in total. The summed E-state index contributed by atoms with van der Waals surface area (Å²) in [6.45, 7) is 5.59. The molecule has 0 amide bonds. The minimum atomic E-state index is -1.40. The lowest BCUT2D eigenvalue weighted by Crippen LogP contribution is -2.02. The molecule has 0 spiro atoms. The van der Waals surface area contributed by atoms with Crippen molar-refractivity contribution >= 4 is 6.16 Å². The van der Waals surface area contributed by atoms with Gasteiger partial charge in [0.05, 0.1) is 0 Å². The maximum absolute atomic E-state index is 9.50. The maximum Gasteiger partial charge on any atom is 0.508 e. The van der Waals surface area contributed by atoms with E-state index < -0.39 is 12.9 Å². The second-order valence-corrected chi connectivity index (χ2v) is 0.790. The first-order valence-corrected chi connectivity index (χ1v) is 2.20. The van der Waals surface area contributed by atoms with Crippen LogP contribution in [0.15, 0.2) is 13.2 Å². The van der Waals surface area contributed by atoms with Crippen molar-refractivity contribution in [3.63, 3.8) is 0 Å². The van der Waals surface area contributed by atoms with Crippen LogP contribution in [0.5, 0.6) is 0 Å². The average Bonchev–Trinajstić information content (AvgIpc) is 1.92. The van der Waals surface area contributed by atoms with Crippen LogP contribution in [0.1, 0.15) is 0 Å². The normalized spacial score (nSPS) is 5.90. The molecule has 1 N–H and O–H groups in total. The van der Waals surface area contributed by atoms with Gasteiger partial charge in [0, 0.05) is 0 Å². The maximum atomic E-state index is 9.50. The van der Waals surface area contributed by atoms with Gasteiger partial charge in [-0.05, 0) is 0 Å². The monoisotopic (exact) mass is 144 g/mol. The van der Waals surface area contributed by atoms with E-state index in [9.17, 15) is 4.79 Å². The number of carbonyl (C=O) groups is 1. The largest absolute Gasteiger partial charge is 0.508 e. The summed E-state index contributed by atoms with van der Waals surface area (Å²) in [5.41, 5.74) is 0. The fourth-order valence-corrected chi connectivity index (χ4v) is 0.114. The van der Waals surface area contributed by atoms with E-state index in [1.165, 1.54) is 0 Å². The Balaban J connectivity index is 0. The third-order valence-corrected chi connectivity index (χ3v) is 0.325. The van der Waals surface area contributed by atoms with Crippen molar-refractivity contribution in [1.82, 2.24) is 0 Å². The van der Waals surface area contributed by atoms with E-state index >= 15 is 0 Å². The summed E-state index contributed by atoms with van der Waals surface area (Å²) in [6, 6.07) is 0. The first-order chi connectivity index (χ1) is 4.77. The van der Waals surface area contributed by atoms with Gasteiger partial charge < -0.3 is 14.6 Å². The van der Waals surface area contributed by atoms with E-state index in [-0.39, 0.29) is 0 Å². The van der Waals surface area contributed by atoms with Crippen molar-refractivity contribution < 1.29 is 19.4 Å². The van der Waals surface area contributed by atoms with Crippen molar-refractivity contribution in [2.75, 3.05) is 6.79 Å². The van der Waals surface area contributed by atoms with Crippen molar-refractivity contribution in [2.45, 2.75) is 0 Å². The van der Waals surface area contributed by atoms with Crippen LogP contribution >= 0.6 is 0 Å². The van der Waals surface area contributed by atoms with E-state index in [1.54, 1.807) is 6.11 Å². The molecule has 4 heteroatoms. The zero-order valence-corrected chi connectivity index (χ0v) is 5.37. The lowest BCUT2D eigenvalue weighted by Gasteiger charge is -1.93. The lowest BCUT2D eigenvalue weighted by atomic mass is 11.2. The van der Waals surface area contributed by atoms with Gasteiger partial charge in [-0.25, -0.2) is 4.79 Å². The first kappa shape index (κ1) is 11.2. The molecule has 0 unspecified atom stereocenters. The Morgan fingerprint density at radius 3 is 2.50 bits per heavy atom. The van der Waals surface area contributed by atoms with Gasteiger partial charge in [-0.2, -0.15) is 0 Å². The number of ether oxygens (including phenoxy) is 2. The molecule has 56 valence electrons. The van der Waals surface area contributed by atoms with Crippen LogP contribution in [0.2, 0.25) is 0 Å². The zero-order chi connectivity index (χ0) is 8.41. The van der Waals surface area contributed by atoms with Gasteiger partial charge in [0.25, 0.3) is 0 Å². The van der Waals surface area contributed by atoms with Crippen molar-refractivity contribution in [2.24, 2.45) is 0 Å². The molecule has 0 radical (unpaired) electrons. The predicted molar refractivity (Wildman–Crippen MR) is 35.1 cm³/mol. The van der Waals surface area contributed by atoms with Crippen molar-refractivity contribution in [1.29, 1.82) is 0 Å². The molecule has 0 aromatic heterocycles. The molecule has 0 bridgehead atoms. The highest BCUT2D eigenvalue weighted by atomic mass is 16.7. The van der Waals surface area contributed by atoms with E-state index in [4.69, 9.17) is 5.11 Å². The van der Waals surface area contributed by atoms with Crippen LogP contribution in [-0.2, 0) is 9.47 Å². The Bertz CT molecular complexity index is 124. The van der Waals surface area contributed by atoms with Gasteiger partial charge in [0.15, 0.2) is 0 Å². The number of terminal acetylenes is 1. The Kier molecular flexibility index (Phi) is 11.6. The van der Waals surface area contributed by atoms with Gasteiger partial charge >= 0.3 is 6.16 Å². The fraction of sp³-hybridized carbons (Fsp3) is 0.167. The van der Waals surface area contributed by atoms with Gasteiger partial charge in [-0.15, -0.1) is 13.2 Å². The van der Waals surface area contributed by atoms with E-state index in [0.29, 0.717) is 0 Å². The summed E-state index contributed by atoms with van der Waals surface area (Å²) in [7, 11) is 0. The molecule has 0 aromatic rings. The minimum Gasteiger partial charge on any atom is -0.450 e. The zero-order valence-electron chi connectivity index (χ0n) is 5.37. The van der Waals surface area contributed by atoms with Crippen LogP contribution in [0.3, 0.4) is 0 Å². The molecular weight excluding hydrogens is 136 g/mol. The van der Waals surface area contributed by atoms with Crippen LogP contribution in [-0.4, -0.2) is 18.1 Å². The van der Waals surface area contributed by atoms with E-state index in [1.807, 2.05) is 0 Å². The molecule has 10 heavy (non-hydrogen) atoms. The summed E-state index contributed by atoms with van der Waals surface area (Å²) >= 11 is 0. The summed E-state index contributed by atoms with van der Waals surface area (Å²) in [5.74, 6) is 0. The SMILES string of the molecule is C#COCOC(=O)O.C=C. The molecule has 0 rings (SSSR count). The summed E-state index contributed by atoms with van der Waals surface area (Å²) < 4.78 is 7.90. The van der Waals surface area contributed by atoms with Gasteiger partial charge in [-0.1, -0.05) is 6.42 Å². The predicted octanol–water partition coefficient (Wildman–Crippen LogP) is 1.05. The third kappa shape index (κ3) is 16.2. The van der Waals surface area contributed by atoms with E-state index in [0.717, 1.165) is 0 Å².